The van der Waals surface area contributed by atoms with E-state index in [1.165, 1.54) is 34.6 Å². The summed E-state index contributed by atoms with van der Waals surface area (Å²) in [6.07, 6.45) is 2.37. The van der Waals surface area contributed by atoms with Gasteiger partial charge in [0.25, 0.3) is 0 Å². The van der Waals surface area contributed by atoms with E-state index >= 15 is 0 Å². The first-order chi connectivity index (χ1) is 6.95. The van der Waals surface area contributed by atoms with Crippen LogP contribution in [-0.2, 0) is 6.42 Å². The average molecular weight is 178 g/mol. The third-order valence-electron chi connectivity index (χ3n) is 2.94. The van der Waals surface area contributed by atoms with Gasteiger partial charge in [-0.05, 0) is 0 Å². The summed E-state index contributed by atoms with van der Waals surface area (Å²) in [6.45, 7) is 2.26. The summed E-state index contributed by atoms with van der Waals surface area (Å²) in [5.41, 5.74) is 2.92. The van der Waals surface area contributed by atoms with E-state index < -0.39 is 0 Å². The molecule has 66 valence electrons. The van der Waals surface area contributed by atoms with Gasteiger partial charge >= 0.3 is 83.9 Å². The molecule has 0 saturated carbocycles. The third-order valence-corrected chi connectivity index (χ3v) is 2.94. The summed E-state index contributed by atoms with van der Waals surface area (Å²) in [5.74, 6) is 2.24. The van der Waals surface area contributed by atoms with Gasteiger partial charge in [0.05, 0.1) is 0 Å². The van der Waals surface area contributed by atoms with Crippen LogP contribution in [0, 0.1) is 0 Å². The zero-order valence-electron chi connectivity index (χ0n) is 8.03. The number of hydrogen-bond donors (Lipinski definition) is 0. The number of hydrogen-bond acceptors (Lipinski definition) is 0. The van der Waals surface area contributed by atoms with Crippen LogP contribution in [0.25, 0.3) is 10.8 Å². The molecular weight excluding hydrogens is 167 g/mol. The van der Waals surface area contributed by atoms with Crippen LogP contribution in [0.2, 0.25) is 6.32 Å². The van der Waals surface area contributed by atoms with Crippen molar-refractivity contribution in [1.29, 1.82) is 0 Å². The number of fused-ring (bicyclic) bond motifs is 3. The number of rotatable bonds is 0. The molecule has 0 saturated heterocycles. The molecule has 1 heterocycles. The van der Waals surface area contributed by atoms with Crippen LogP contribution >= 0.6 is 0 Å². The molecule has 0 bridgehead atoms. The van der Waals surface area contributed by atoms with Crippen LogP contribution in [0.3, 0.4) is 0 Å². The second-order valence-corrected chi connectivity index (χ2v) is 3.80. The van der Waals surface area contributed by atoms with Gasteiger partial charge in [0.15, 0.2) is 0 Å². The van der Waals surface area contributed by atoms with Crippen LogP contribution in [0.5, 0.6) is 0 Å². The quantitative estimate of drug-likeness (QED) is 0.544. The molecule has 0 N–H and O–H groups in total. The second-order valence-electron chi connectivity index (χ2n) is 3.80. The number of benzene rings is 2. The first kappa shape index (κ1) is 7.99. The van der Waals surface area contributed by atoms with E-state index in [1.54, 1.807) is 0 Å². The van der Waals surface area contributed by atoms with Crippen molar-refractivity contribution >= 4 is 23.7 Å². The van der Waals surface area contributed by atoms with Crippen molar-refractivity contribution in [3.63, 3.8) is 0 Å². The van der Waals surface area contributed by atoms with Gasteiger partial charge in [0.2, 0.25) is 0 Å². The van der Waals surface area contributed by atoms with E-state index in [-0.39, 0.29) is 0 Å². The van der Waals surface area contributed by atoms with Gasteiger partial charge in [-0.15, -0.1) is 0 Å². The molecule has 0 aromatic heterocycles. The first-order valence-corrected chi connectivity index (χ1v) is 5.12. The van der Waals surface area contributed by atoms with Crippen molar-refractivity contribution in [3.8, 4) is 0 Å². The van der Waals surface area contributed by atoms with E-state index in [9.17, 15) is 0 Å². The Balaban J connectivity index is 2.41. The van der Waals surface area contributed by atoms with Gasteiger partial charge in [0, 0.05) is 0 Å². The fraction of sp³-hybridized carbons (Fsp3) is 0.154. The van der Waals surface area contributed by atoms with Gasteiger partial charge in [-0.2, -0.15) is 0 Å². The van der Waals surface area contributed by atoms with Gasteiger partial charge in [-0.25, -0.2) is 0 Å². The summed E-state index contributed by atoms with van der Waals surface area (Å²) >= 11 is 0. The predicted molar refractivity (Wildman–Crippen MR) is 63.4 cm³/mol. The molecule has 2 aromatic rings. The van der Waals surface area contributed by atoms with Crippen molar-refractivity contribution in [1.82, 2.24) is 0 Å². The number of aryl methyl sites for hydroxylation is 1. The third kappa shape index (κ3) is 1.12. The van der Waals surface area contributed by atoms with Crippen molar-refractivity contribution in [2.45, 2.75) is 12.7 Å². The molecule has 1 aliphatic heterocycles. The average Bonchev–Trinajstić information content (AvgIpc) is 2.29. The Labute approximate surface area is 84.5 Å². The van der Waals surface area contributed by atoms with Crippen LogP contribution in [-0.4, -0.2) is 12.9 Å². The van der Waals surface area contributed by atoms with E-state index in [1.807, 2.05) is 0 Å². The molecule has 1 heteroatoms. The SMILES string of the molecule is B1=Cc2ccc3ccccc3c2CC1. The van der Waals surface area contributed by atoms with Crippen molar-refractivity contribution in [2.75, 3.05) is 0 Å². The zero-order chi connectivity index (χ0) is 9.38. The molecule has 1 aliphatic rings. The second kappa shape index (κ2) is 3.09. The topological polar surface area (TPSA) is 0 Å². The minimum atomic E-state index is 1.18. The van der Waals surface area contributed by atoms with Gasteiger partial charge < -0.3 is 0 Å². The Morgan fingerprint density at radius 3 is 2.93 bits per heavy atom. The summed E-state index contributed by atoms with van der Waals surface area (Å²) < 4.78 is 0. The summed E-state index contributed by atoms with van der Waals surface area (Å²) in [6, 6.07) is 13.1. The Bertz CT molecular complexity index is 512. The molecule has 0 aliphatic carbocycles. The minimum absolute atomic E-state index is 1.18. The molecule has 2 aromatic carbocycles. The zero-order valence-corrected chi connectivity index (χ0v) is 8.03. The van der Waals surface area contributed by atoms with E-state index in [0.717, 1.165) is 0 Å². The van der Waals surface area contributed by atoms with Gasteiger partial charge in [-0.1, -0.05) is 0 Å². The fourth-order valence-electron chi connectivity index (χ4n) is 2.23. The monoisotopic (exact) mass is 178 g/mol. The van der Waals surface area contributed by atoms with Gasteiger partial charge in [0.1, 0.15) is 0 Å². The van der Waals surface area contributed by atoms with Crippen LogP contribution in [0.4, 0.5) is 0 Å². The van der Waals surface area contributed by atoms with Crippen molar-refractivity contribution in [3.05, 3.63) is 47.5 Å². The van der Waals surface area contributed by atoms with Crippen LogP contribution < -0.4 is 0 Å². The molecule has 0 nitrogen and oxygen atoms in total. The maximum absolute atomic E-state index is 2.26. The molecule has 14 heavy (non-hydrogen) atoms. The van der Waals surface area contributed by atoms with Crippen molar-refractivity contribution < 1.29 is 0 Å². The Morgan fingerprint density at radius 2 is 1.93 bits per heavy atom. The Kier molecular flexibility index (Phi) is 1.76. The molecule has 0 unspecified atom stereocenters. The maximum atomic E-state index is 2.26. The summed E-state index contributed by atoms with van der Waals surface area (Å²) in [7, 11) is 0. The molecular formula is C13H11B. The molecule has 0 amide bonds. The molecule has 0 spiro atoms. The molecule has 3 rings (SSSR count). The van der Waals surface area contributed by atoms with E-state index in [4.69, 9.17) is 0 Å². The van der Waals surface area contributed by atoms with Crippen LogP contribution in [0.15, 0.2) is 36.4 Å². The van der Waals surface area contributed by atoms with Gasteiger partial charge in [-0.3, -0.25) is 0 Å². The van der Waals surface area contributed by atoms with E-state index in [0.29, 0.717) is 0 Å². The molecule has 0 radical (unpaired) electrons. The van der Waals surface area contributed by atoms with E-state index in [2.05, 4.69) is 49.3 Å². The Hall–Kier alpha value is -1.37. The normalized spacial score (nSPS) is 13.7. The standard InChI is InChI=1S/C13H11B/c1-2-4-12-10(3-1)5-6-11-9-14-8-7-13(11)12/h1-6,9H,7-8H2. The van der Waals surface area contributed by atoms with Crippen molar-refractivity contribution in [2.24, 2.45) is 0 Å². The molecule has 0 atom stereocenters. The summed E-state index contributed by atoms with van der Waals surface area (Å²) in [4.78, 5) is 0. The predicted octanol–water partition coefficient (Wildman–Crippen LogP) is 2.67. The van der Waals surface area contributed by atoms with Crippen LogP contribution in [0.1, 0.15) is 11.1 Å². The Morgan fingerprint density at radius 1 is 1.00 bits per heavy atom. The fourth-order valence-corrected chi connectivity index (χ4v) is 2.23. The summed E-state index contributed by atoms with van der Waals surface area (Å²) in [5, 5.41) is 2.79. The first-order valence-electron chi connectivity index (χ1n) is 5.12. The molecule has 0 fully saturated rings.